The van der Waals surface area contributed by atoms with E-state index in [0.717, 1.165) is 30.4 Å². The van der Waals surface area contributed by atoms with Crippen LogP contribution in [0.15, 0.2) is 42.5 Å². The van der Waals surface area contributed by atoms with Gasteiger partial charge in [0.1, 0.15) is 11.6 Å². The fourth-order valence-electron chi connectivity index (χ4n) is 3.12. The van der Waals surface area contributed by atoms with Gasteiger partial charge in [-0.2, -0.15) is 0 Å². The summed E-state index contributed by atoms with van der Waals surface area (Å²) in [5.41, 5.74) is 3.83. The van der Waals surface area contributed by atoms with Gasteiger partial charge in [0, 0.05) is 9.75 Å². The van der Waals surface area contributed by atoms with E-state index in [2.05, 4.69) is 13.8 Å². The van der Waals surface area contributed by atoms with Crippen molar-refractivity contribution in [3.63, 3.8) is 0 Å². The molecule has 0 bridgehead atoms. The second-order valence-electron chi connectivity index (χ2n) is 6.33. The first-order chi connectivity index (χ1) is 12.0. The van der Waals surface area contributed by atoms with Crippen molar-refractivity contribution in [1.82, 2.24) is 0 Å². The highest BCUT2D eigenvalue weighted by molar-refractivity contribution is 7.15. The van der Waals surface area contributed by atoms with E-state index >= 15 is 0 Å². The Morgan fingerprint density at radius 2 is 1.52 bits per heavy atom. The summed E-state index contributed by atoms with van der Waals surface area (Å²) < 4.78 is 29.4. The van der Waals surface area contributed by atoms with Crippen LogP contribution < -0.4 is 0 Å². The predicted molar refractivity (Wildman–Crippen MR) is 103 cm³/mol. The van der Waals surface area contributed by atoms with Gasteiger partial charge >= 0.3 is 0 Å². The topological polar surface area (TPSA) is 0 Å². The van der Waals surface area contributed by atoms with E-state index in [4.69, 9.17) is 0 Å². The molecular weight excluding hydrogens is 334 g/mol. The molecule has 0 nitrogen and oxygen atoms in total. The Morgan fingerprint density at radius 3 is 2.04 bits per heavy atom. The van der Waals surface area contributed by atoms with Crippen molar-refractivity contribution in [2.24, 2.45) is 0 Å². The summed E-state index contributed by atoms with van der Waals surface area (Å²) in [5.74, 6) is -1.01. The van der Waals surface area contributed by atoms with E-state index < -0.39 is 11.6 Å². The van der Waals surface area contributed by atoms with Crippen molar-refractivity contribution >= 4 is 11.3 Å². The molecule has 3 aromatic rings. The molecule has 0 saturated carbocycles. The Kier molecular flexibility index (Phi) is 5.33. The summed E-state index contributed by atoms with van der Waals surface area (Å²) in [6, 6.07) is 12.7. The predicted octanol–water partition coefficient (Wildman–Crippen LogP) is 7.18. The van der Waals surface area contributed by atoms with Gasteiger partial charge < -0.3 is 0 Å². The van der Waals surface area contributed by atoms with Crippen molar-refractivity contribution in [1.29, 1.82) is 0 Å². The number of hydrogen-bond acceptors (Lipinski definition) is 1. The zero-order chi connectivity index (χ0) is 18.0. The number of halogens is 2. The van der Waals surface area contributed by atoms with Crippen molar-refractivity contribution < 1.29 is 8.78 Å². The van der Waals surface area contributed by atoms with Crippen LogP contribution in [-0.4, -0.2) is 0 Å². The molecule has 25 heavy (non-hydrogen) atoms. The normalized spacial score (nSPS) is 11.1. The average molecular weight is 356 g/mol. The monoisotopic (exact) mass is 356 g/mol. The number of hydrogen-bond donors (Lipinski definition) is 0. The number of benzene rings is 2. The SMILES string of the molecule is CCCc1ccc(-c2cc(F)c(-c3cc(C)c(CC)s3)c(F)c2)cc1. The molecule has 130 valence electrons. The van der Waals surface area contributed by atoms with Crippen molar-refractivity contribution in [3.8, 4) is 21.6 Å². The third-order valence-corrected chi connectivity index (χ3v) is 5.86. The minimum atomic E-state index is -0.503. The molecule has 0 unspecified atom stereocenters. The molecule has 0 aliphatic carbocycles. The zero-order valence-corrected chi connectivity index (χ0v) is 15.6. The molecule has 2 aromatic carbocycles. The fraction of sp³-hybridized carbons (Fsp3) is 0.273. The summed E-state index contributed by atoms with van der Waals surface area (Å²) in [5, 5.41) is 0. The van der Waals surface area contributed by atoms with Gasteiger partial charge in [0.2, 0.25) is 0 Å². The molecule has 0 fully saturated rings. The maximum absolute atomic E-state index is 14.7. The summed E-state index contributed by atoms with van der Waals surface area (Å²) >= 11 is 1.47. The highest BCUT2D eigenvalue weighted by Crippen LogP contribution is 2.37. The molecule has 1 heterocycles. The van der Waals surface area contributed by atoms with Crippen LogP contribution in [0.3, 0.4) is 0 Å². The van der Waals surface area contributed by atoms with Crippen LogP contribution in [0.5, 0.6) is 0 Å². The highest BCUT2D eigenvalue weighted by Gasteiger charge is 2.17. The standard InChI is InChI=1S/C22H22F2S/c1-4-6-15-7-9-16(10-8-15)17-12-18(23)22(19(24)13-17)21-11-14(3)20(5-2)25-21/h7-13H,4-6H2,1-3H3. The minimum absolute atomic E-state index is 0.0825. The molecule has 1 aromatic heterocycles. The molecule has 0 saturated heterocycles. The first kappa shape index (κ1) is 17.8. The molecule has 0 spiro atoms. The van der Waals surface area contributed by atoms with Crippen LogP contribution in [0.25, 0.3) is 21.6 Å². The van der Waals surface area contributed by atoms with Gasteiger partial charge in [-0.05, 0) is 60.2 Å². The molecule has 0 amide bonds. The zero-order valence-electron chi connectivity index (χ0n) is 14.8. The Bertz CT molecular complexity index is 853. The number of aryl methyl sites for hydroxylation is 3. The average Bonchev–Trinajstić information content (AvgIpc) is 2.95. The van der Waals surface area contributed by atoms with Gasteiger partial charge in [0.15, 0.2) is 0 Å². The van der Waals surface area contributed by atoms with Crippen LogP contribution >= 0.6 is 11.3 Å². The number of rotatable bonds is 5. The summed E-state index contributed by atoms with van der Waals surface area (Å²) in [6.07, 6.45) is 2.97. The Balaban J connectivity index is 1.99. The largest absolute Gasteiger partial charge is 0.206 e. The van der Waals surface area contributed by atoms with Crippen molar-refractivity contribution in [2.75, 3.05) is 0 Å². The van der Waals surface area contributed by atoms with Crippen LogP contribution in [0, 0.1) is 18.6 Å². The van der Waals surface area contributed by atoms with Gasteiger partial charge in [-0.3, -0.25) is 0 Å². The van der Waals surface area contributed by atoms with Gasteiger partial charge in [0.25, 0.3) is 0 Å². The van der Waals surface area contributed by atoms with Gasteiger partial charge in [-0.15, -0.1) is 11.3 Å². The van der Waals surface area contributed by atoms with Crippen LogP contribution in [-0.2, 0) is 12.8 Å². The lowest BCUT2D eigenvalue weighted by Crippen LogP contribution is -1.91. The Morgan fingerprint density at radius 1 is 0.880 bits per heavy atom. The van der Waals surface area contributed by atoms with Crippen molar-refractivity contribution in [2.45, 2.75) is 40.0 Å². The van der Waals surface area contributed by atoms with Crippen molar-refractivity contribution in [3.05, 3.63) is 70.1 Å². The van der Waals surface area contributed by atoms with E-state index in [1.165, 1.54) is 33.9 Å². The Hall–Kier alpha value is -2.00. The third-order valence-electron chi connectivity index (χ3n) is 4.46. The summed E-state index contributed by atoms with van der Waals surface area (Å²) in [7, 11) is 0. The lowest BCUT2D eigenvalue weighted by molar-refractivity contribution is 0.591. The fourth-order valence-corrected chi connectivity index (χ4v) is 4.28. The van der Waals surface area contributed by atoms with Crippen LogP contribution in [0.2, 0.25) is 0 Å². The molecule has 3 rings (SSSR count). The molecule has 0 aliphatic rings. The molecule has 0 aliphatic heterocycles. The van der Waals surface area contributed by atoms with Gasteiger partial charge in [-0.25, -0.2) is 8.78 Å². The lowest BCUT2D eigenvalue weighted by Gasteiger charge is -2.08. The van der Waals surface area contributed by atoms with Crippen LogP contribution in [0.1, 0.15) is 36.3 Å². The second-order valence-corrected chi connectivity index (χ2v) is 7.47. The Labute approximate surface area is 152 Å². The highest BCUT2D eigenvalue weighted by atomic mass is 32.1. The quantitative estimate of drug-likeness (QED) is 0.454. The summed E-state index contributed by atoms with van der Waals surface area (Å²) in [6.45, 7) is 6.18. The molecule has 0 radical (unpaired) electrons. The minimum Gasteiger partial charge on any atom is -0.206 e. The van der Waals surface area contributed by atoms with Gasteiger partial charge in [-0.1, -0.05) is 44.5 Å². The van der Waals surface area contributed by atoms with E-state index in [1.807, 2.05) is 37.3 Å². The lowest BCUT2D eigenvalue weighted by atomic mass is 10.00. The number of thiophene rings is 1. The van der Waals surface area contributed by atoms with E-state index in [0.29, 0.717) is 10.4 Å². The second kappa shape index (κ2) is 7.49. The molecule has 3 heteroatoms. The van der Waals surface area contributed by atoms with Gasteiger partial charge in [0.05, 0.1) is 5.56 Å². The van der Waals surface area contributed by atoms with Crippen LogP contribution in [0.4, 0.5) is 8.78 Å². The molecular formula is C22H22F2S. The summed E-state index contributed by atoms with van der Waals surface area (Å²) in [4.78, 5) is 1.83. The first-order valence-electron chi connectivity index (χ1n) is 8.71. The maximum atomic E-state index is 14.7. The molecule has 0 N–H and O–H groups in total. The van der Waals surface area contributed by atoms with E-state index in [-0.39, 0.29) is 5.56 Å². The van der Waals surface area contributed by atoms with E-state index in [1.54, 1.807) is 0 Å². The maximum Gasteiger partial charge on any atom is 0.135 e. The first-order valence-corrected chi connectivity index (χ1v) is 9.53. The van der Waals surface area contributed by atoms with E-state index in [9.17, 15) is 8.78 Å². The smallest absolute Gasteiger partial charge is 0.135 e. The third kappa shape index (κ3) is 3.67. The molecule has 0 atom stereocenters.